The summed E-state index contributed by atoms with van der Waals surface area (Å²) < 4.78 is 1.71. The topological polar surface area (TPSA) is 59.0 Å². The number of hydrogen-bond acceptors (Lipinski definition) is 3. The number of halogens is 2. The lowest BCUT2D eigenvalue weighted by Crippen LogP contribution is -2.43. The predicted molar refractivity (Wildman–Crippen MR) is 107 cm³/mol. The monoisotopic (exact) mass is 396 g/mol. The van der Waals surface area contributed by atoms with Crippen LogP contribution >= 0.6 is 24.0 Å². The first kappa shape index (κ1) is 20.7. The second kappa shape index (κ2) is 8.89. The number of carbonyl (C=O) groups is 1. The number of carbonyl (C=O) groups excluding carboxylic acids is 1. The average Bonchev–Trinajstić information content (AvgIpc) is 3.24. The molecule has 0 bridgehead atoms. The molecule has 1 aliphatic rings. The SMILES string of the molecule is CNC(C(=O)NCC1(c2cccc(Cl)c2)CCCC1)c1cnn(C)c1.Cl. The number of aryl methyl sites for hydroxylation is 1. The molecule has 1 saturated carbocycles. The number of aromatic nitrogens is 2. The molecule has 1 unspecified atom stereocenters. The van der Waals surface area contributed by atoms with Crippen LogP contribution in [0.5, 0.6) is 0 Å². The van der Waals surface area contributed by atoms with Gasteiger partial charge in [-0.05, 0) is 37.6 Å². The lowest BCUT2D eigenvalue weighted by atomic mass is 9.78. The van der Waals surface area contributed by atoms with Gasteiger partial charge in [0.25, 0.3) is 0 Å². The van der Waals surface area contributed by atoms with E-state index in [1.165, 1.54) is 18.4 Å². The van der Waals surface area contributed by atoms with Crippen molar-refractivity contribution in [3.63, 3.8) is 0 Å². The van der Waals surface area contributed by atoms with Crippen LogP contribution in [0.1, 0.15) is 42.9 Å². The Morgan fingerprint density at radius 2 is 2.12 bits per heavy atom. The van der Waals surface area contributed by atoms with Gasteiger partial charge in [-0.1, -0.05) is 36.6 Å². The summed E-state index contributed by atoms with van der Waals surface area (Å²) in [7, 11) is 3.64. The van der Waals surface area contributed by atoms with Crippen molar-refractivity contribution in [3.8, 4) is 0 Å². The third-order valence-corrected chi connectivity index (χ3v) is 5.44. The van der Waals surface area contributed by atoms with Gasteiger partial charge in [-0.3, -0.25) is 9.48 Å². The number of nitrogens with zero attached hydrogens (tertiary/aromatic N) is 2. The molecule has 1 aromatic heterocycles. The summed E-state index contributed by atoms with van der Waals surface area (Å²) in [6.45, 7) is 0.630. The van der Waals surface area contributed by atoms with Crippen LogP contribution in [0.15, 0.2) is 36.7 Å². The number of nitrogens with one attached hydrogen (secondary N) is 2. The van der Waals surface area contributed by atoms with E-state index in [4.69, 9.17) is 11.6 Å². The highest BCUT2D eigenvalue weighted by molar-refractivity contribution is 6.30. The number of amides is 1. The fourth-order valence-corrected chi connectivity index (χ4v) is 4.02. The van der Waals surface area contributed by atoms with Gasteiger partial charge in [-0.2, -0.15) is 5.10 Å². The summed E-state index contributed by atoms with van der Waals surface area (Å²) in [4.78, 5) is 12.7. The van der Waals surface area contributed by atoms with E-state index < -0.39 is 6.04 Å². The van der Waals surface area contributed by atoms with E-state index in [0.29, 0.717) is 6.54 Å². The van der Waals surface area contributed by atoms with Gasteiger partial charge < -0.3 is 10.6 Å². The Kier molecular flexibility index (Phi) is 7.09. The van der Waals surface area contributed by atoms with E-state index in [9.17, 15) is 4.79 Å². The molecule has 1 heterocycles. The molecule has 1 atom stereocenters. The quantitative estimate of drug-likeness (QED) is 0.786. The number of hydrogen-bond donors (Lipinski definition) is 2. The molecule has 0 saturated heterocycles. The maximum atomic E-state index is 12.7. The van der Waals surface area contributed by atoms with Crippen LogP contribution < -0.4 is 10.6 Å². The zero-order chi connectivity index (χ0) is 17.9. The minimum absolute atomic E-state index is 0. The van der Waals surface area contributed by atoms with Crippen molar-refractivity contribution >= 4 is 29.9 Å². The Balaban J connectivity index is 0.00000243. The second-order valence-electron chi connectivity index (χ2n) is 6.88. The van der Waals surface area contributed by atoms with Crippen molar-refractivity contribution in [1.82, 2.24) is 20.4 Å². The van der Waals surface area contributed by atoms with Crippen molar-refractivity contribution in [2.24, 2.45) is 7.05 Å². The Labute approximate surface area is 165 Å². The van der Waals surface area contributed by atoms with E-state index in [-0.39, 0.29) is 23.7 Å². The highest BCUT2D eigenvalue weighted by atomic mass is 35.5. The standard InChI is InChI=1S/C19H25ClN4O.ClH/c1-21-17(14-11-23-24(2)12-14)18(25)22-13-19(8-3-4-9-19)15-6-5-7-16(20)10-15;/h5-7,10-12,17,21H,3-4,8-9,13H2,1-2H3,(H,22,25);1H. The highest BCUT2D eigenvalue weighted by Gasteiger charge is 2.36. The van der Waals surface area contributed by atoms with Crippen LogP contribution in [0.25, 0.3) is 0 Å². The molecule has 7 heteroatoms. The van der Waals surface area contributed by atoms with E-state index in [0.717, 1.165) is 23.4 Å². The summed E-state index contributed by atoms with van der Waals surface area (Å²) in [6.07, 6.45) is 8.10. The van der Waals surface area contributed by atoms with E-state index in [1.807, 2.05) is 31.4 Å². The Morgan fingerprint density at radius 3 is 2.69 bits per heavy atom. The van der Waals surface area contributed by atoms with Crippen LogP contribution in [0.3, 0.4) is 0 Å². The maximum absolute atomic E-state index is 12.7. The molecule has 1 fully saturated rings. The lowest BCUT2D eigenvalue weighted by Gasteiger charge is -2.31. The van der Waals surface area contributed by atoms with Gasteiger partial charge in [0.2, 0.25) is 5.91 Å². The number of rotatable bonds is 6. The smallest absolute Gasteiger partial charge is 0.241 e. The van der Waals surface area contributed by atoms with Crippen molar-refractivity contribution in [3.05, 3.63) is 52.8 Å². The van der Waals surface area contributed by atoms with Crippen LogP contribution in [0.2, 0.25) is 5.02 Å². The van der Waals surface area contributed by atoms with Gasteiger partial charge >= 0.3 is 0 Å². The fraction of sp³-hybridized carbons (Fsp3) is 0.474. The van der Waals surface area contributed by atoms with Crippen molar-refractivity contribution in [1.29, 1.82) is 0 Å². The zero-order valence-electron chi connectivity index (χ0n) is 15.2. The van der Waals surface area contributed by atoms with Gasteiger partial charge in [0, 0.05) is 35.8 Å². The molecule has 1 amide bonds. The molecular formula is C19H26Cl2N4O. The normalized spacial score (nSPS) is 16.7. The van der Waals surface area contributed by atoms with E-state index in [1.54, 1.807) is 17.9 Å². The molecule has 26 heavy (non-hydrogen) atoms. The predicted octanol–water partition coefficient (Wildman–Crippen LogP) is 3.38. The molecule has 2 N–H and O–H groups in total. The highest BCUT2D eigenvalue weighted by Crippen LogP contribution is 2.41. The molecule has 0 radical (unpaired) electrons. The lowest BCUT2D eigenvalue weighted by molar-refractivity contribution is -0.123. The summed E-state index contributed by atoms with van der Waals surface area (Å²) >= 11 is 6.20. The molecule has 2 aromatic rings. The third-order valence-electron chi connectivity index (χ3n) is 5.21. The number of likely N-dealkylation sites (N-methyl/N-ethyl adjacent to an activating group) is 1. The molecule has 3 rings (SSSR count). The van der Waals surface area contributed by atoms with Gasteiger partial charge in [0.1, 0.15) is 6.04 Å². The van der Waals surface area contributed by atoms with Gasteiger partial charge in [-0.15, -0.1) is 12.4 Å². The minimum Gasteiger partial charge on any atom is -0.354 e. The van der Waals surface area contributed by atoms with Gasteiger partial charge in [0.05, 0.1) is 6.20 Å². The first-order chi connectivity index (χ1) is 12.0. The molecule has 5 nitrogen and oxygen atoms in total. The summed E-state index contributed by atoms with van der Waals surface area (Å²) in [5.41, 5.74) is 2.07. The number of benzene rings is 1. The summed E-state index contributed by atoms with van der Waals surface area (Å²) in [5, 5.41) is 11.1. The molecule has 1 aromatic carbocycles. The Bertz CT molecular complexity index is 741. The van der Waals surface area contributed by atoms with Gasteiger partial charge in [0.15, 0.2) is 0 Å². The second-order valence-corrected chi connectivity index (χ2v) is 7.32. The minimum atomic E-state index is -0.397. The molecule has 0 spiro atoms. The Hall–Kier alpha value is -1.56. The van der Waals surface area contributed by atoms with E-state index >= 15 is 0 Å². The summed E-state index contributed by atoms with van der Waals surface area (Å²) in [6, 6.07) is 7.65. The van der Waals surface area contributed by atoms with Crippen LogP contribution in [-0.2, 0) is 17.3 Å². The van der Waals surface area contributed by atoms with E-state index in [2.05, 4.69) is 21.8 Å². The maximum Gasteiger partial charge on any atom is 0.241 e. The zero-order valence-corrected chi connectivity index (χ0v) is 16.7. The van der Waals surface area contributed by atoms with Crippen molar-refractivity contribution < 1.29 is 4.79 Å². The van der Waals surface area contributed by atoms with Gasteiger partial charge in [-0.25, -0.2) is 0 Å². The molecular weight excluding hydrogens is 371 g/mol. The van der Waals surface area contributed by atoms with Crippen LogP contribution in [0, 0.1) is 0 Å². The first-order valence-electron chi connectivity index (χ1n) is 8.74. The van der Waals surface area contributed by atoms with Crippen molar-refractivity contribution in [2.45, 2.75) is 37.1 Å². The summed E-state index contributed by atoms with van der Waals surface area (Å²) in [5.74, 6) is -0.0243. The average molecular weight is 397 g/mol. The largest absolute Gasteiger partial charge is 0.354 e. The molecule has 142 valence electrons. The van der Waals surface area contributed by atoms with Crippen LogP contribution in [-0.4, -0.2) is 29.3 Å². The first-order valence-corrected chi connectivity index (χ1v) is 9.11. The van der Waals surface area contributed by atoms with Crippen LogP contribution in [0.4, 0.5) is 0 Å². The van der Waals surface area contributed by atoms with Crippen molar-refractivity contribution in [2.75, 3.05) is 13.6 Å². The molecule has 0 aliphatic heterocycles. The fourth-order valence-electron chi connectivity index (χ4n) is 3.83. The third kappa shape index (κ3) is 4.40. The Morgan fingerprint density at radius 1 is 1.38 bits per heavy atom. The molecule has 1 aliphatic carbocycles.